The predicted molar refractivity (Wildman–Crippen MR) is 227 cm³/mol. The molecule has 0 aromatic heterocycles. The second kappa shape index (κ2) is 23.5. The summed E-state index contributed by atoms with van der Waals surface area (Å²) in [6, 6.07) is 14.5. The molecule has 3 fully saturated rings. The van der Waals surface area contributed by atoms with Gasteiger partial charge >= 0.3 is 0 Å². The minimum absolute atomic E-state index is 0.121. The van der Waals surface area contributed by atoms with Crippen LogP contribution in [0.5, 0.6) is 0 Å². The maximum absolute atomic E-state index is 15.2. The molecule has 0 unspecified atom stereocenters. The Morgan fingerprint density at radius 3 is 1.95 bits per heavy atom. The number of likely N-dealkylation sites (N-methyl/N-ethyl adjacent to an activating group) is 1. The first kappa shape index (κ1) is 45.0. The summed E-state index contributed by atoms with van der Waals surface area (Å²) < 4.78 is 0. The van der Waals surface area contributed by atoms with E-state index in [4.69, 9.17) is 11.5 Å². The van der Waals surface area contributed by atoms with Crippen molar-refractivity contribution in [1.82, 2.24) is 25.8 Å². The number of hydrogen-bond acceptors (Lipinski definition) is 8. The van der Waals surface area contributed by atoms with Crippen molar-refractivity contribution >= 4 is 29.5 Å². The molecule has 2 saturated carbocycles. The molecule has 1 aliphatic heterocycles. The van der Waals surface area contributed by atoms with Crippen LogP contribution in [0.3, 0.4) is 0 Å². The van der Waals surface area contributed by atoms with E-state index >= 15 is 4.79 Å². The Bertz CT molecular complexity index is 1600. The Hall–Kier alpha value is -4.13. The SMILES string of the molecule is CN[C@@H](Cc1ccccc1)C(=O)N[C@@H](CCCCN)C(=O)N1CCC[C@H]1C(=O)N(C(=O)[C@H](N)CC1CCCCC1)[C@@H](Cc1ccccc1)C(=O)NCC1CCCCC1. The van der Waals surface area contributed by atoms with Crippen LogP contribution < -0.4 is 27.4 Å². The Morgan fingerprint density at radius 2 is 1.34 bits per heavy atom. The van der Waals surface area contributed by atoms with E-state index in [1.54, 1.807) is 7.05 Å². The minimum atomic E-state index is -1.16. The van der Waals surface area contributed by atoms with Crippen LogP contribution in [0.1, 0.15) is 114 Å². The molecule has 12 heteroatoms. The number of rotatable bonds is 20. The standard InChI is InChI=1S/C46H69N7O5/c1-49-39(30-34-19-8-3-9-20-34)42(54)51-38(25-14-15-27-47)45(57)52-28-16-26-40(52)46(58)53(44(56)37(48)29-33-17-6-2-7-18-33)41(31-35-21-10-4-11-22-35)43(55)50-32-36-23-12-5-13-24-36/h3-4,8-11,19-22,33,36-41,49H,2,5-7,12-18,23-32,47-48H2,1H3,(H,50,55)(H,51,54)/t37-,38+,39+,40+,41+/m1/s1. The predicted octanol–water partition coefficient (Wildman–Crippen LogP) is 4.38. The van der Waals surface area contributed by atoms with E-state index in [9.17, 15) is 19.2 Å². The van der Waals surface area contributed by atoms with Crippen LogP contribution in [0, 0.1) is 11.8 Å². The van der Waals surface area contributed by atoms with Crippen molar-refractivity contribution in [2.45, 2.75) is 146 Å². The molecule has 2 aromatic rings. The van der Waals surface area contributed by atoms with Crippen LogP contribution in [0.25, 0.3) is 0 Å². The van der Waals surface area contributed by atoms with E-state index in [1.807, 2.05) is 60.7 Å². The van der Waals surface area contributed by atoms with Gasteiger partial charge in [-0.25, -0.2) is 0 Å². The molecular weight excluding hydrogens is 731 g/mol. The number of hydrogen-bond donors (Lipinski definition) is 5. The first-order valence-electron chi connectivity index (χ1n) is 22.2. The van der Waals surface area contributed by atoms with E-state index in [0.717, 1.165) is 73.8 Å². The molecule has 2 aromatic carbocycles. The van der Waals surface area contributed by atoms with Crippen molar-refractivity contribution in [3.8, 4) is 0 Å². The lowest BCUT2D eigenvalue weighted by Crippen LogP contribution is -2.62. The third-order valence-electron chi connectivity index (χ3n) is 12.6. The number of amides is 5. The van der Waals surface area contributed by atoms with E-state index < -0.39 is 42.0 Å². The highest BCUT2D eigenvalue weighted by molar-refractivity contribution is 6.05. The summed E-state index contributed by atoms with van der Waals surface area (Å²) in [7, 11) is 1.72. The summed E-state index contributed by atoms with van der Waals surface area (Å²) in [6.07, 6.45) is 14.2. The molecule has 318 valence electrons. The molecule has 5 amide bonds. The second-order valence-electron chi connectivity index (χ2n) is 16.9. The third-order valence-corrected chi connectivity index (χ3v) is 12.6. The smallest absolute Gasteiger partial charge is 0.252 e. The Kier molecular flexibility index (Phi) is 18.2. The lowest BCUT2D eigenvalue weighted by atomic mass is 9.84. The zero-order chi connectivity index (χ0) is 41.3. The van der Waals surface area contributed by atoms with Crippen LogP contribution in [0.2, 0.25) is 0 Å². The van der Waals surface area contributed by atoms with Crippen molar-refractivity contribution < 1.29 is 24.0 Å². The molecule has 58 heavy (non-hydrogen) atoms. The van der Waals surface area contributed by atoms with Gasteiger partial charge in [0.25, 0.3) is 5.91 Å². The first-order valence-corrected chi connectivity index (χ1v) is 22.2. The number of likely N-dealkylation sites (tertiary alicyclic amines) is 1. The van der Waals surface area contributed by atoms with Crippen molar-refractivity contribution in [3.05, 3.63) is 71.8 Å². The number of unbranched alkanes of at least 4 members (excludes halogenated alkanes) is 1. The highest BCUT2D eigenvalue weighted by Gasteiger charge is 2.46. The minimum Gasteiger partial charge on any atom is -0.354 e. The average Bonchev–Trinajstić information content (AvgIpc) is 3.75. The number of benzene rings is 2. The molecule has 0 bridgehead atoms. The highest BCUT2D eigenvalue weighted by atomic mass is 16.2. The monoisotopic (exact) mass is 800 g/mol. The molecule has 2 aliphatic carbocycles. The number of nitrogens with one attached hydrogen (secondary N) is 3. The fourth-order valence-electron chi connectivity index (χ4n) is 9.22. The number of imide groups is 1. The molecule has 0 spiro atoms. The lowest BCUT2D eigenvalue weighted by molar-refractivity contribution is -0.158. The van der Waals surface area contributed by atoms with Gasteiger partial charge in [0.05, 0.1) is 12.1 Å². The first-order chi connectivity index (χ1) is 28.2. The van der Waals surface area contributed by atoms with Crippen molar-refractivity contribution in [3.63, 3.8) is 0 Å². The Balaban J connectivity index is 1.43. The van der Waals surface area contributed by atoms with Crippen LogP contribution in [0.4, 0.5) is 0 Å². The van der Waals surface area contributed by atoms with E-state index in [1.165, 1.54) is 11.3 Å². The van der Waals surface area contributed by atoms with Gasteiger partial charge in [-0.15, -0.1) is 0 Å². The lowest BCUT2D eigenvalue weighted by Gasteiger charge is -2.37. The van der Waals surface area contributed by atoms with Crippen LogP contribution >= 0.6 is 0 Å². The Morgan fingerprint density at radius 1 is 0.741 bits per heavy atom. The van der Waals surface area contributed by atoms with Crippen LogP contribution in [-0.4, -0.2) is 96.2 Å². The van der Waals surface area contributed by atoms with Gasteiger partial charge in [0.15, 0.2) is 0 Å². The zero-order valence-electron chi connectivity index (χ0n) is 34.8. The van der Waals surface area contributed by atoms with Gasteiger partial charge in [-0.2, -0.15) is 0 Å². The van der Waals surface area contributed by atoms with Gasteiger partial charge in [-0.05, 0) is 94.3 Å². The van der Waals surface area contributed by atoms with Gasteiger partial charge in [0, 0.05) is 19.5 Å². The molecule has 7 N–H and O–H groups in total. The van der Waals surface area contributed by atoms with Crippen molar-refractivity contribution in [2.24, 2.45) is 23.3 Å². The Labute approximate surface area is 346 Å². The number of nitrogens with zero attached hydrogens (tertiary/aromatic N) is 2. The largest absolute Gasteiger partial charge is 0.354 e. The van der Waals surface area contributed by atoms with E-state index in [-0.39, 0.29) is 36.6 Å². The normalized spacial score (nSPS) is 19.8. The maximum atomic E-state index is 15.2. The van der Waals surface area contributed by atoms with Crippen LogP contribution in [-0.2, 0) is 36.8 Å². The number of nitrogens with two attached hydrogens (primary N) is 2. The van der Waals surface area contributed by atoms with Gasteiger partial charge in [-0.1, -0.05) is 112 Å². The van der Waals surface area contributed by atoms with Gasteiger partial charge in [0.2, 0.25) is 23.6 Å². The molecule has 0 radical (unpaired) electrons. The molecule has 1 saturated heterocycles. The van der Waals surface area contributed by atoms with Gasteiger partial charge in [-0.3, -0.25) is 28.9 Å². The summed E-state index contributed by atoms with van der Waals surface area (Å²) >= 11 is 0. The second-order valence-corrected chi connectivity index (χ2v) is 16.9. The third kappa shape index (κ3) is 12.9. The summed E-state index contributed by atoms with van der Waals surface area (Å²) in [5.74, 6) is -1.64. The quantitative estimate of drug-likeness (QED) is 0.123. The van der Waals surface area contributed by atoms with Crippen LogP contribution in [0.15, 0.2) is 60.7 Å². The summed E-state index contributed by atoms with van der Waals surface area (Å²) in [6.45, 7) is 1.20. The molecule has 1 heterocycles. The fraction of sp³-hybridized carbons (Fsp3) is 0.630. The summed E-state index contributed by atoms with van der Waals surface area (Å²) in [5, 5.41) is 9.25. The van der Waals surface area contributed by atoms with Crippen molar-refractivity contribution in [1.29, 1.82) is 0 Å². The molecule has 5 atom stereocenters. The summed E-state index contributed by atoms with van der Waals surface area (Å²) in [5.41, 5.74) is 14.4. The van der Waals surface area contributed by atoms with E-state index in [0.29, 0.717) is 64.0 Å². The highest BCUT2D eigenvalue weighted by Crippen LogP contribution is 2.29. The van der Waals surface area contributed by atoms with E-state index in [2.05, 4.69) is 16.0 Å². The molecule has 12 nitrogen and oxygen atoms in total. The van der Waals surface area contributed by atoms with Crippen molar-refractivity contribution in [2.75, 3.05) is 26.7 Å². The topological polar surface area (TPSA) is 180 Å². The maximum Gasteiger partial charge on any atom is 0.252 e. The molecular formula is C46H69N7O5. The molecule has 5 rings (SSSR count). The number of carbonyl (C=O) groups is 5. The van der Waals surface area contributed by atoms with Gasteiger partial charge < -0.3 is 32.3 Å². The number of carbonyl (C=O) groups excluding carboxylic acids is 5. The average molecular weight is 800 g/mol. The molecule has 3 aliphatic rings. The zero-order valence-corrected chi connectivity index (χ0v) is 34.8. The summed E-state index contributed by atoms with van der Waals surface area (Å²) in [4.78, 5) is 75.4. The van der Waals surface area contributed by atoms with Gasteiger partial charge in [0.1, 0.15) is 18.1 Å². The fourth-order valence-corrected chi connectivity index (χ4v) is 9.22.